The Bertz CT molecular complexity index is 1090. The van der Waals surface area contributed by atoms with Crippen LogP contribution >= 0.6 is 0 Å². The second-order valence-electron chi connectivity index (χ2n) is 6.00. The second-order valence-corrected chi connectivity index (χ2v) is 6.00. The Kier molecular flexibility index (Phi) is 4.72. The minimum Gasteiger partial charge on any atom is -0.497 e. The molecule has 0 fully saturated rings. The van der Waals surface area contributed by atoms with Crippen LogP contribution in [0.1, 0.15) is 11.1 Å². The molecule has 3 heteroatoms. The van der Waals surface area contributed by atoms with Gasteiger partial charge in [0.1, 0.15) is 5.75 Å². The third-order valence-electron chi connectivity index (χ3n) is 4.25. The molecule has 130 valence electrons. The Balaban J connectivity index is 1.80. The van der Waals surface area contributed by atoms with E-state index in [2.05, 4.69) is 29.1 Å². The van der Waals surface area contributed by atoms with Crippen LogP contribution < -0.4 is 4.74 Å². The molecule has 0 aliphatic heterocycles. The van der Waals surface area contributed by atoms with Crippen LogP contribution in [0.4, 0.5) is 0 Å². The molecule has 0 radical (unpaired) electrons. The fourth-order valence-electron chi connectivity index (χ4n) is 2.89. The van der Waals surface area contributed by atoms with Gasteiger partial charge in [0.2, 0.25) is 0 Å². The summed E-state index contributed by atoms with van der Waals surface area (Å²) >= 11 is 0. The van der Waals surface area contributed by atoms with Gasteiger partial charge >= 0.3 is 0 Å². The molecule has 1 aromatic heterocycles. The van der Waals surface area contributed by atoms with Crippen LogP contribution in [0.2, 0.25) is 0 Å². The Labute approximate surface area is 158 Å². The fraction of sp³-hybridized carbons (Fsp3) is 0.0417. The highest BCUT2D eigenvalue weighted by Gasteiger charge is 2.12. The highest BCUT2D eigenvalue weighted by atomic mass is 16.5. The first-order chi connectivity index (χ1) is 13.3. The maximum Gasteiger partial charge on any atom is 0.118 e. The Morgan fingerprint density at radius 2 is 1.44 bits per heavy atom. The van der Waals surface area contributed by atoms with Gasteiger partial charge in [-0.1, -0.05) is 60.4 Å². The van der Waals surface area contributed by atoms with Crippen LogP contribution in [0.25, 0.3) is 16.9 Å². The van der Waals surface area contributed by atoms with Gasteiger partial charge in [-0.2, -0.15) is 5.10 Å². The predicted molar refractivity (Wildman–Crippen MR) is 108 cm³/mol. The van der Waals surface area contributed by atoms with Crippen molar-refractivity contribution >= 4 is 0 Å². The first-order valence-electron chi connectivity index (χ1n) is 8.70. The lowest BCUT2D eigenvalue weighted by Crippen LogP contribution is -1.99. The number of aromatic nitrogens is 2. The van der Waals surface area contributed by atoms with Gasteiger partial charge in [0.15, 0.2) is 0 Å². The van der Waals surface area contributed by atoms with E-state index in [4.69, 9.17) is 4.74 Å². The van der Waals surface area contributed by atoms with Crippen LogP contribution in [-0.4, -0.2) is 16.9 Å². The number of para-hydroxylation sites is 1. The maximum absolute atomic E-state index is 5.20. The monoisotopic (exact) mass is 350 g/mol. The number of ether oxygens (including phenoxy) is 1. The van der Waals surface area contributed by atoms with E-state index < -0.39 is 0 Å². The van der Waals surface area contributed by atoms with Crippen molar-refractivity contribution in [1.82, 2.24) is 9.78 Å². The molecule has 1 heterocycles. The zero-order valence-electron chi connectivity index (χ0n) is 15.0. The van der Waals surface area contributed by atoms with Crippen molar-refractivity contribution in [3.05, 3.63) is 102 Å². The van der Waals surface area contributed by atoms with E-state index in [1.807, 2.05) is 83.7 Å². The summed E-state index contributed by atoms with van der Waals surface area (Å²) in [5, 5.41) is 4.60. The molecule has 0 saturated heterocycles. The van der Waals surface area contributed by atoms with Crippen molar-refractivity contribution < 1.29 is 4.74 Å². The van der Waals surface area contributed by atoms with Gasteiger partial charge in [0, 0.05) is 11.1 Å². The molecule has 0 unspecified atom stereocenters. The maximum atomic E-state index is 5.20. The van der Waals surface area contributed by atoms with Gasteiger partial charge in [-0.3, -0.25) is 0 Å². The van der Waals surface area contributed by atoms with Crippen molar-refractivity contribution in [3.63, 3.8) is 0 Å². The molecule has 0 spiro atoms. The number of nitrogens with zero attached hydrogens (tertiary/aromatic N) is 2. The molecule has 3 aromatic carbocycles. The van der Waals surface area contributed by atoms with E-state index in [1.54, 1.807) is 7.11 Å². The molecular weight excluding hydrogens is 332 g/mol. The molecule has 0 saturated carbocycles. The summed E-state index contributed by atoms with van der Waals surface area (Å²) in [5.74, 6) is 7.33. The van der Waals surface area contributed by atoms with E-state index in [0.717, 1.165) is 33.8 Å². The molecule has 4 rings (SSSR count). The molecule has 27 heavy (non-hydrogen) atoms. The number of hydrogen-bond donors (Lipinski definition) is 0. The van der Waals surface area contributed by atoms with E-state index in [1.165, 1.54) is 0 Å². The minimum atomic E-state index is 0.822. The normalized spacial score (nSPS) is 10.1. The smallest absolute Gasteiger partial charge is 0.118 e. The fourth-order valence-corrected chi connectivity index (χ4v) is 2.89. The standard InChI is InChI=1S/C24H18N2O/c1-27-23-16-13-19(14-17-23)12-15-21-18-25-26(22-10-6-3-7-11-22)24(21)20-8-4-2-5-9-20/h2-11,13-14,16-18H,1H3. The zero-order valence-corrected chi connectivity index (χ0v) is 15.0. The highest BCUT2D eigenvalue weighted by molar-refractivity contribution is 5.70. The number of hydrogen-bond acceptors (Lipinski definition) is 2. The van der Waals surface area contributed by atoms with Gasteiger partial charge < -0.3 is 4.74 Å². The van der Waals surface area contributed by atoms with E-state index in [0.29, 0.717) is 0 Å². The lowest BCUT2D eigenvalue weighted by atomic mass is 10.1. The second kappa shape index (κ2) is 7.63. The van der Waals surface area contributed by atoms with Crippen molar-refractivity contribution in [2.75, 3.05) is 7.11 Å². The van der Waals surface area contributed by atoms with Crippen molar-refractivity contribution in [3.8, 4) is 34.5 Å². The Hall–Kier alpha value is -3.77. The van der Waals surface area contributed by atoms with Crippen LogP contribution in [0.5, 0.6) is 5.75 Å². The average Bonchev–Trinajstić information content (AvgIpc) is 3.18. The number of benzene rings is 3. The van der Waals surface area contributed by atoms with Crippen LogP contribution in [0.15, 0.2) is 91.1 Å². The SMILES string of the molecule is COc1ccc(C#Cc2cnn(-c3ccccc3)c2-c2ccccc2)cc1. The molecule has 3 nitrogen and oxygen atoms in total. The molecule has 0 N–H and O–H groups in total. The molecule has 0 amide bonds. The Morgan fingerprint density at radius 1 is 0.778 bits per heavy atom. The third-order valence-corrected chi connectivity index (χ3v) is 4.25. The van der Waals surface area contributed by atoms with Gasteiger partial charge in [0.05, 0.1) is 30.3 Å². The molecule has 0 bridgehead atoms. The summed E-state index contributed by atoms with van der Waals surface area (Å²) in [5.41, 5.74) is 4.90. The first kappa shape index (κ1) is 16.7. The van der Waals surface area contributed by atoms with Gasteiger partial charge in [-0.15, -0.1) is 0 Å². The largest absolute Gasteiger partial charge is 0.497 e. The lowest BCUT2D eigenvalue weighted by Gasteiger charge is -2.08. The zero-order chi connectivity index (χ0) is 18.5. The van der Waals surface area contributed by atoms with Crippen molar-refractivity contribution in [1.29, 1.82) is 0 Å². The van der Waals surface area contributed by atoms with Crippen LogP contribution in [-0.2, 0) is 0 Å². The summed E-state index contributed by atoms with van der Waals surface area (Å²) < 4.78 is 7.14. The summed E-state index contributed by atoms with van der Waals surface area (Å²) in [4.78, 5) is 0. The molecule has 0 atom stereocenters. The van der Waals surface area contributed by atoms with Gasteiger partial charge in [-0.05, 0) is 36.4 Å². The van der Waals surface area contributed by atoms with E-state index in [9.17, 15) is 0 Å². The predicted octanol–water partition coefficient (Wildman–Crippen LogP) is 4.95. The summed E-state index contributed by atoms with van der Waals surface area (Å²) in [6, 6.07) is 28.1. The van der Waals surface area contributed by atoms with Gasteiger partial charge in [0.25, 0.3) is 0 Å². The molecule has 0 aliphatic rings. The minimum absolute atomic E-state index is 0.822. The van der Waals surface area contributed by atoms with Crippen molar-refractivity contribution in [2.24, 2.45) is 0 Å². The van der Waals surface area contributed by atoms with Gasteiger partial charge in [-0.25, -0.2) is 4.68 Å². The summed E-state index contributed by atoms with van der Waals surface area (Å²) in [7, 11) is 1.66. The third kappa shape index (κ3) is 3.61. The number of rotatable bonds is 3. The summed E-state index contributed by atoms with van der Waals surface area (Å²) in [6.07, 6.45) is 1.83. The van der Waals surface area contributed by atoms with Crippen LogP contribution in [0, 0.1) is 11.8 Å². The topological polar surface area (TPSA) is 27.1 Å². The quantitative estimate of drug-likeness (QED) is 0.489. The van der Waals surface area contributed by atoms with E-state index in [-0.39, 0.29) is 0 Å². The highest BCUT2D eigenvalue weighted by Crippen LogP contribution is 2.26. The molecule has 0 aliphatic carbocycles. The first-order valence-corrected chi connectivity index (χ1v) is 8.70. The molecule has 4 aromatic rings. The average molecular weight is 350 g/mol. The van der Waals surface area contributed by atoms with Crippen molar-refractivity contribution in [2.45, 2.75) is 0 Å². The van der Waals surface area contributed by atoms with E-state index >= 15 is 0 Å². The molecular formula is C24H18N2O. The summed E-state index contributed by atoms with van der Waals surface area (Å²) in [6.45, 7) is 0. The Morgan fingerprint density at radius 3 is 2.11 bits per heavy atom. The number of methoxy groups -OCH3 is 1. The van der Waals surface area contributed by atoms with Crippen LogP contribution in [0.3, 0.4) is 0 Å². The lowest BCUT2D eigenvalue weighted by molar-refractivity contribution is 0.415.